The number of carbonyl (C=O) groups is 2. The predicted octanol–water partition coefficient (Wildman–Crippen LogP) is 1.65. The molecule has 0 saturated carbocycles. The molecular weight excluding hydrogens is 334 g/mol. The Kier molecular flexibility index (Phi) is 4.79. The third-order valence-electron chi connectivity index (χ3n) is 4.02. The molecule has 132 valence electrons. The van der Waals surface area contributed by atoms with Crippen molar-refractivity contribution in [3.05, 3.63) is 75.7 Å². The van der Waals surface area contributed by atoms with Gasteiger partial charge in [-0.3, -0.25) is 9.59 Å². The number of carbonyl (C=O) groups excluding carboxylic acids is 2. The summed E-state index contributed by atoms with van der Waals surface area (Å²) in [5.74, 6) is -0.765. The predicted molar refractivity (Wildman–Crippen MR) is 95.9 cm³/mol. The molecule has 0 unspecified atom stereocenters. The number of hydrogen-bond acceptors (Lipinski definition) is 5. The van der Waals surface area contributed by atoms with Gasteiger partial charge in [0.05, 0.1) is 30.3 Å². The Balaban J connectivity index is 1.80. The summed E-state index contributed by atoms with van der Waals surface area (Å²) in [7, 11) is 2.87. The normalized spacial score (nSPS) is 10.5. The van der Waals surface area contributed by atoms with Crippen LogP contribution in [0.1, 0.15) is 26.4 Å². The molecule has 0 atom stereocenters. The monoisotopic (exact) mass is 351 g/mol. The first-order valence-electron chi connectivity index (χ1n) is 7.92. The second kappa shape index (κ2) is 7.18. The number of nitrogens with zero attached hydrogens (tertiary/aromatic N) is 2. The van der Waals surface area contributed by atoms with Crippen molar-refractivity contribution in [2.75, 3.05) is 7.11 Å². The highest BCUT2D eigenvalue weighted by atomic mass is 16.5. The Morgan fingerprint density at radius 2 is 1.65 bits per heavy atom. The summed E-state index contributed by atoms with van der Waals surface area (Å²) in [5, 5.41) is 8.28. The van der Waals surface area contributed by atoms with Crippen molar-refractivity contribution in [2.24, 2.45) is 7.05 Å². The van der Waals surface area contributed by atoms with Crippen molar-refractivity contribution in [3.63, 3.8) is 0 Å². The van der Waals surface area contributed by atoms with Gasteiger partial charge in [0.1, 0.15) is 0 Å². The fourth-order valence-corrected chi connectivity index (χ4v) is 2.65. The van der Waals surface area contributed by atoms with Crippen LogP contribution in [0.4, 0.5) is 0 Å². The number of benzene rings is 2. The number of rotatable bonds is 4. The van der Waals surface area contributed by atoms with Crippen molar-refractivity contribution < 1.29 is 14.3 Å². The number of methoxy groups -OCH3 is 1. The van der Waals surface area contributed by atoms with E-state index in [2.05, 4.69) is 15.2 Å². The Morgan fingerprint density at radius 3 is 2.31 bits per heavy atom. The van der Waals surface area contributed by atoms with Crippen molar-refractivity contribution in [1.29, 1.82) is 0 Å². The third-order valence-corrected chi connectivity index (χ3v) is 4.02. The zero-order valence-electron chi connectivity index (χ0n) is 14.4. The molecule has 3 rings (SSSR count). The van der Waals surface area contributed by atoms with Crippen LogP contribution in [0.5, 0.6) is 0 Å². The molecule has 7 heteroatoms. The van der Waals surface area contributed by atoms with Gasteiger partial charge in [0.25, 0.3) is 11.5 Å². The molecule has 1 amide bonds. The van der Waals surface area contributed by atoms with E-state index >= 15 is 0 Å². The fourth-order valence-electron chi connectivity index (χ4n) is 2.65. The molecule has 1 aromatic heterocycles. The highest BCUT2D eigenvalue weighted by molar-refractivity contribution is 5.96. The lowest BCUT2D eigenvalue weighted by Gasteiger charge is -2.09. The quantitative estimate of drug-likeness (QED) is 0.722. The fraction of sp³-hybridized carbons (Fsp3) is 0.158. The average molecular weight is 351 g/mol. The lowest BCUT2D eigenvalue weighted by atomic mass is 10.1. The molecule has 2 aromatic carbocycles. The van der Waals surface area contributed by atoms with Gasteiger partial charge in [-0.25, -0.2) is 9.48 Å². The summed E-state index contributed by atoms with van der Waals surface area (Å²) in [6.07, 6.45) is 0. The first kappa shape index (κ1) is 17.3. The minimum Gasteiger partial charge on any atom is -0.465 e. The maximum Gasteiger partial charge on any atom is 0.337 e. The minimum atomic E-state index is -0.460. The zero-order valence-corrected chi connectivity index (χ0v) is 14.4. The average Bonchev–Trinajstić information content (AvgIpc) is 2.69. The number of esters is 1. The Labute approximate surface area is 149 Å². The third kappa shape index (κ3) is 3.32. The molecular formula is C19H17N3O4. The van der Waals surface area contributed by atoms with Crippen LogP contribution in [-0.2, 0) is 18.3 Å². The van der Waals surface area contributed by atoms with E-state index < -0.39 is 5.97 Å². The number of ether oxygens (including phenoxy) is 1. The molecule has 0 bridgehead atoms. The summed E-state index contributed by atoms with van der Waals surface area (Å²) < 4.78 is 5.89. The van der Waals surface area contributed by atoms with Crippen LogP contribution >= 0.6 is 0 Å². The molecule has 0 aliphatic heterocycles. The molecule has 3 aromatic rings. The van der Waals surface area contributed by atoms with E-state index in [1.807, 2.05) is 6.07 Å². The molecule has 0 radical (unpaired) electrons. The largest absolute Gasteiger partial charge is 0.465 e. The smallest absolute Gasteiger partial charge is 0.337 e. The van der Waals surface area contributed by atoms with E-state index in [1.165, 1.54) is 23.9 Å². The van der Waals surface area contributed by atoms with E-state index in [4.69, 9.17) is 0 Å². The summed E-state index contributed by atoms with van der Waals surface area (Å²) in [6, 6.07) is 13.3. The molecule has 0 aliphatic rings. The second-order valence-electron chi connectivity index (χ2n) is 5.67. The highest BCUT2D eigenvalue weighted by Crippen LogP contribution is 2.13. The number of amides is 1. The van der Waals surface area contributed by atoms with Crippen molar-refractivity contribution in [2.45, 2.75) is 6.54 Å². The van der Waals surface area contributed by atoms with Crippen molar-refractivity contribution >= 4 is 22.6 Å². The van der Waals surface area contributed by atoms with E-state index in [0.29, 0.717) is 27.6 Å². The van der Waals surface area contributed by atoms with Crippen LogP contribution in [0.25, 0.3) is 10.8 Å². The number of hydrogen-bond donors (Lipinski definition) is 1. The highest BCUT2D eigenvalue weighted by Gasteiger charge is 2.12. The van der Waals surface area contributed by atoms with Gasteiger partial charge in [-0.1, -0.05) is 18.2 Å². The van der Waals surface area contributed by atoms with E-state index in [-0.39, 0.29) is 18.0 Å². The molecule has 0 spiro atoms. The number of nitrogens with one attached hydrogen (secondary N) is 1. The summed E-state index contributed by atoms with van der Waals surface area (Å²) in [6.45, 7) is 0.173. The molecule has 7 nitrogen and oxygen atoms in total. The van der Waals surface area contributed by atoms with Gasteiger partial charge in [-0.15, -0.1) is 0 Å². The Morgan fingerprint density at radius 1 is 1.04 bits per heavy atom. The van der Waals surface area contributed by atoms with Crippen LogP contribution in [-0.4, -0.2) is 28.8 Å². The maximum absolute atomic E-state index is 12.3. The number of aryl methyl sites for hydroxylation is 1. The summed E-state index contributed by atoms with van der Waals surface area (Å²) in [5.41, 5.74) is 1.19. The SMILES string of the molecule is COC(=O)c1ccc(C(=O)NCc2nn(C)c(=O)c3ccccc23)cc1. The molecule has 1 N–H and O–H groups in total. The van der Waals surface area contributed by atoms with Gasteiger partial charge >= 0.3 is 5.97 Å². The van der Waals surface area contributed by atoms with E-state index in [0.717, 1.165) is 0 Å². The standard InChI is InChI=1S/C19H17N3O4/c1-22-18(24)15-6-4-3-5-14(15)16(21-22)11-20-17(23)12-7-9-13(10-8-12)19(25)26-2/h3-10H,11H2,1-2H3,(H,20,23). The van der Waals surface area contributed by atoms with Gasteiger partial charge in [0.2, 0.25) is 0 Å². The molecule has 0 aliphatic carbocycles. The lowest BCUT2D eigenvalue weighted by Crippen LogP contribution is -2.27. The van der Waals surface area contributed by atoms with Crippen LogP contribution < -0.4 is 10.9 Å². The van der Waals surface area contributed by atoms with Gasteiger partial charge in [0, 0.05) is 18.0 Å². The van der Waals surface area contributed by atoms with Crippen LogP contribution in [0, 0.1) is 0 Å². The number of aromatic nitrogens is 2. The van der Waals surface area contributed by atoms with Gasteiger partial charge in [0.15, 0.2) is 0 Å². The van der Waals surface area contributed by atoms with Crippen LogP contribution in [0.3, 0.4) is 0 Å². The van der Waals surface area contributed by atoms with Crippen LogP contribution in [0.15, 0.2) is 53.3 Å². The Bertz CT molecular complexity index is 1040. The first-order chi connectivity index (χ1) is 12.5. The van der Waals surface area contributed by atoms with E-state index in [9.17, 15) is 14.4 Å². The van der Waals surface area contributed by atoms with Gasteiger partial charge in [-0.2, -0.15) is 5.10 Å². The summed E-state index contributed by atoms with van der Waals surface area (Å²) >= 11 is 0. The van der Waals surface area contributed by atoms with Crippen LogP contribution in [0.2, 0.25) is 0 Å². The summed E-state index contributed by atoms with van der Waals surface area (Å²) in [4.78, 5) is 35.9. The second-order valence-corrected chi connectivity index (χ2v) is 5.67. The van der Waals surface area contributed by atoms with E-state index in [1.54, 1.807) is 37.4 Å². The molecule has 1 heterocycles. The number of fused-ring (bicyclic) bond motifs is 1. The van der Waals surface area contributed by atoms with Crippen molar-refractivity contribution in [3.8, 4) is 0 Å². The molecule has 26 heavy (non-hydrogen) atoms. The lowest BCUT2D eigenvalue weighted by molar-refractivity contribution is 0.0600. The maximum atomic E-state index is 12.3. The topological polar surface area (TPSA) is 90.3 Å². The first-order valence-corrected chi connectivity index (χ1v) is 7.92. The minimum absolute atomic E-state index is 0.173. The van der Waals surface area contributed by atoms with Crippen molar-refractivity contribution in [1.82, 2.24) is 15.1 Å². The Hall–Kier alpha value is -3.48. The molecule has 0 fully saturated rings. The van der Waals surface area contributed by atoms with Gasteiger partial charge < -0.3 is 10.1 Å². The zero-order chi connectivity index (χ0) is 18.7. The molecule has 0 saturated heterocycles. The van der Waals surface area contributed by atoms with Gasteiger partial charge in [-0.05, 0) is 30.3 Å².